The summed E-state index contributed by atoms with van der Waals surface area (Å²) >= 11 is 0. The zero-order valence-corrected chi connectivity index (χ0v) is 16.3. The Morgan fingerprint density at radius 3 is 2.61 bits per heavy atom. The second-order valence-corrected chi connectivity index (χ2v) is 8.11. The van der Waals surface area contributed by atoms with Crippen molar-refractivity contribution in [1.29, 1.82) is 0 Å². The predicted molar refractivity (Wildman–Crippen MR) is 105 cm³/mol. The van der Waals surface area contributed by atoms with Gasteiger partial charge in [0.1, 0.15) is 11.8 Å². The molecule has 2 saturated heterocycles. The number of hydrogen-bond donors (Lipinski definition) is 0. The normalized spacial score (nSPS) is 25.6. The van der Waals surface area contributed by atoms with Gasteiger partial charge in [0.2, 0.25) is 5.88 Å². The van der Waals surface area contributed by atoms with Gasteiger partial charge in [-0.1, -0.05) is 12.1 Å². The first-order valence-corrected chi connectivity index (χ1v) is 9.82. The zero-order chi connectivity index (χ0) is 19.6. The highest BCUT2D eigenvalue weighted by Gasteiger charge is 2.59. The van der Waals surface area contributed by atoms with Crippen LogP contribution in [0.3, 0.4) is 0 Å². The number of benzene rings is 1. The quantitative estimate of drug-likeness (QED) is 0.759. The lowest BCUT2D eigenvalue weighted by molar-refractivity contribution is -0.120. The molecule has 0 bridgehead atoms. The summed E-state index contributed by atoms with van der Waals surface area (Å²) in [7, 11) is 0. The van der Waals surface area contributed by atoms with Gasteiger partial charge in [-0.3, -0.25) is 4.79 Å². The Kier molecular flexibility index (Phi) is 3.73. The number of urea groups is 1. The molecule has 6 heteroatoms. The van der Waals surface area contributed by atoms with Crippen molar-refractivity contribution in [3.05, 3.63) is 47.2 Å². The summed E-state index contributed by atoms with van der Waals surface area (Å²) in [6.07, 6.45) is 2.17. The van der Waals surface area contributed by atoms with E-state index in [4.69, 9.17) is 4.74 Å². The summed E-state index contributed by atoms with van der Waals surface area (Å²) in [6, 6.07) is 8.88. The molecule has 3 amide bonds. The summed E-state index contributed by atoms with van der Waals surface area (Å²) < 4.78 is 5.95. The van der Waals surface area contributed by atoms with E-state index in [1.165, 1.54) is 4.90 Å². The molecule has 2 aromatic rings. The molecule has 1 aromatic carbocycles. The third kappa shape index (κ3) is 2.37. The van der Waals surface area contributed by atoms with Crippen LogP contribution in [-0.2, 0) is 4.79 Å². The van der Waals surface area contributed by atoms with Gasteiger partial charge in [0.15, 0.2) is 0 Å². The van der Waals surface area contributed by atoms with Crippen LogP contribution in [-0.4, -0.2) is 34.4 Å². The minimum absolute atomic E-state index is 0.106. The minimum atomic E-state index is -0.281. The molecular weight excluding hydrogens is 354 g/mol. The van der Waals surface area contributed by atoms with Crippen LogP contribution in [0.5, 0.6) is 11.6 Å². The molecule has 5 rings (SSSR count). The van der Waals surface area contributed by atoms with Gasteiger partial charge in [-0.15, -0.1) is 0 Å². The Labute approximate surface area is 164 Å². The number of carbonyl (C=O) groups excluding carboxylic acids is 2. The molecular formula is C22H23N3O3. The first-order chi connectivity index (χ1) is 13.5. The highest BCUT2D eigenvalue weighted by molar-refractivity contribution is 6.22. The maximum Gasteiger partial charge on any atom is 0.332 e. The number of carbonyl (C=O) groups is 2. The molecule has 144 valence electrons. The van der Waals surface area contributed by atoms with Gasteiger partial charge in [0, 0.05) is 12.6 Å². The number of imide groups is 1. The van der Waals surface area contributed by atoms with Crippen LogP contribution in [0.4, 0.5) is 10.5 Å². The third-order valence-corrected chi connectivity index (χ3v) is 6.60. The fourth-order valence-electron chi connectivity index (χ4n) is 4.70. The lowest BCUT2D eigenvalue weighted by atomic mass is 9.73. The predicted octanol–water partition coefficient (Wildman–Crippen LogP) is 3.98. The van der Waals surface area contributed by atoms with Crippen molar-refractivity contribution in [3.8, 4) is 11.6 Å². The number of hydrogen-bond acceptors (Lipinski definition) is 4. The lowest BCUT2D eigenvalue weighted by Gasteiger charge is -2.31. The SMILES string of the molecule is Cc1cccc(Oc2ccc(N3C(=O)[C@@H]4[C@@H]5CC[C@@H]5CN4C3=O)c(C)n2)c1C. The highest BCUT2D eigenvalue weighted by Crippen LogP contribution is 2.48. The van der Waals surface area contributed by atoms with Gasteiger partial charge >= 0.3 is 6.03 Å². The Morgan fingerprint density at radius 1 is 1.07 bits per heavy atom. The smallest absolute Gasteiger partial charge is 0.332 e. The number of pyridine rings is 1. The Morgan fingerprint density at radius 2 is 1.89 bits per heavy atom. The fraction of sp³-hybridized carbons (Fsp3) is 0.409. The molecule has 1 aliphatic carbocycles. The summed E-state index contributed by atoms with van der Waals surface area (Å²) in [4.78, 5) is 33.5. The average molecular weight is 377 g/mol. The number of nitrogens with zero attached hydrogens (tertiary/aromatic N) is 3. The van der Waals surface area contributed by atoms with Crippen LogP contribution in [0.2, 0.25) is 0 Å². The van der Waals surface area contributed by atoms with E-state index in [-0.39, 0.29) is 18.0 Å². The number of ether oxygens (including phenoxy) is 1. The molecule has 1 aromatic heterocycles. The standard InChI is InChI=1S/C22H23N3O3/c1-12-5-4-6-18(13(12)2)28-19-10-9-17(14(3)23-19)25-21(26)20-16-8-7-15(16)11-24(20)22(25)27/h4-6,9-10,15-16,20H,7-8,11H2,1-3H3/t15-,16-,20+/m1/s1. The summed E-state index contributed by atoms with van der Waals surface area (Å²) in [5, 5.41) is 0. The summed E-state index contributed by atoms with van der Waals surface area (Å²) in [5.74, 6) is 1.94. The molecule has 3 atom stereocenters. The van der Waals surface area contributed by atoms with Crippen LogP contribution in [0, 0.1) is 32.6 Å². The number of amides is 3. The second kappa shape index (κ2) is 6.06. The first-order valence-electron chi connectivity index (χ1n) is 9.82. The van der Waals surface area contributed by atoms with Crippen LogP contribution in [0.1, 0.15) is 29.7 Å². The Bertz CT molecular complexity index is 1000. The molecule has 0 spiro atoms. The lowest BCUT2D eigenvalue weighted by Crippen LogP contribution is -2.39. The van der Waals surface area contributed by atoms with Gasteiger partial charge in [0.25, 0.3) is 5.91 Å². The van der Waals surface area contributed by atoms with Crippen molar-refractivity contribution >= 4 is 17.6 Å². The van der Waals surface area contributed by atoms with E-state index in [9.17, 15) is 9.59 Å². The van der Waals surface area contributed by atoms with Gasteiger partial charge < -0.3 is 9.64 Å². The van der Waals surface area contributed by atoms with E-state index in [1.54, 1.807) is 24.0 Å². The number of fused-ring (bicyclic) bond motifs is 3. The number of rotatable bonds is 3. The van der Waals surface area contributed by atoms with Crippen LogP contribution >= 0.6 is 0 Å². The number of aromatic nitrogens is 1. The molecule has 28 heavy (non-hydrogen) atoms. The number of aryl methyl sites for hydroxylation is 2. The molecule has 6 nitrogen and oxygen atoms in total. The zero-order valence-electron chi connectivity index (χ0n) is 16.3. The van der Waals surface area contributed by atoms with Gasteiger partial charge in [-0.2, -0.15) is 0 Å². The van der Waals surface area contributed by atoms with E-state index in [0.29, 0.717) is 35.6 Å². The number of anilines is 1. The minimum Gasteiger partial charge on any atom is -0.439 e. The monoisotopic (exact) mass is 377 g/mol. The van der Waals surface area contributed by atoms with E-state index >= 15 is 0 Å². The first kappa shape index (κ1) is 17.2. The van der Waals surface area contributed by atoms with Crippen molar-refractivity contribution in [3.63, 3.8) is 0 Å². The second-order valence-electron chi connectivity index (χ2n) is 8.11. The Balaban J connectivity index is 1.42. The fourth-order valence-corrected chi connectivity index (χ4v) is 4.70. The van der Waals surface area contributed by atoms with Crippen molar-refractivity contribution in [2.75, 3.05) is 11.4 Å². The molecule has 3 heterocycles. The molecule has 0 N–H and O–H groups in total. The summed E-state index contributed by atoms with van der Waals surface area (Å²) in [6.45, 7) is 6.56. The van der Waals surface area contributed by atoms with Crippen LogP contribution < -0.4 is 9.64 Å². The van der Waals surface area contributed by atoms with Crippen molar-refractivity contribution in [2.24, 2.45) is 11.8 Å². The molecule has 0 unspecified atom stereocenters. The third-order valence-electron chi connectivity index (χ3n) is 6.60. The maximum atomic E-state index is 13.0. The van der Waals surface area contributed by atoms with Gasteiger partial charge in [0.05, 0.1) is 11.4 Å². The van der Waals surface area contributed by atoms with Crippen molar-refractivity contribution in [2.45, 2.75) is 39.7 Å². The van der Waals surface area contributed by atoms with E-state index in [2.05, 4.69) is 4.98 Å². The topological polar surface area (TPSA) is 62.7 Å². The molecule has 3 fully saturated rings. The molecule has 0 radical (unpaired) electrons. The molecule has 2 aliphatic heterocycles. The molecule has 3 aliphatic rings. The van der Waals surface area contributed by atoms with E-state index in [0.717, 1.165) is 29.7 Å². The molecule has 1 saturated carbocycles. The Hall–Kier alpha value is -2.89. The van der Waals surface area contributed by atoms with Gasteiger partial charge in [-0.05, 0) is 68.7 Å². The highest BCUT2D eigenvalue weighted by atomic mass is 16.5. The van der Waals surface area contributed by atoms with Crippen molar-refractivity contribution < 1.29 is 14.3 Å². The maximum absolute atomic E-state index is 13.0. The average Bonchev–Trinajstić information content (AvgIpc) is 3.03. The van der Waals surface area contributed by atoms with Crippen LogP contribution in [0.15, 0.2) is 30.3 Å². The van der Waals surface area contributed by atoms with Crippen LogP contribution in [0.25, 0.3) is 0 Å². The van der Waals surface area contributed by atoms with E-state index in [1.807, 2.05) is 32.0 Å². The van der Waals surface area contributed by atoms with E-state index < -0.39 is 0 Å². The van der Waals surface area contributed by atoms with Gasteiger partial charge in [-0.25, -0.2) is 14.7 Å². The summed E-state index contributed by atoms with van der Waals surface area (Å²) in [5.41, 5.74) is 3.37. The van der Waals surface area contributed by atoms with Crippen molar-refractivity contribution in [1.82, 2.24) is 9.88 Å². The largest absolute Gasteiger partial charge is 0.439 e.